The molecule has 7 nitrogen and oxygen atoms in total. The first-order valence-electron chi connectivity index (χ1n) is 7.22. The minimum atomic E-state index is -1.29. The number of carbonyl (C=O) groups is 3. The molecule has 0 aromatic carbocycles. The van der Waals surface area contributed by atoms with Crippen LogP contribution in [0.3, 0.4) is 0 Å². The van der Waals surface area contributed by atoms with Crippen molar-refractivity contribution in [2.75, 3.05) is 20.2 Å². The zero-order valence-corrected chi connectivity index (χ0v) is 12.8. The molecule has 2 atom stereocenters. The molecule has 2 amide bonds. The fourth-order valence-corrected chi connectivity index (χ4v) is 2.56. The summed E-state index contributed by atoms with van der Waals surface area (Å²) in [6.45, 7) is 4.14. The van der Waals surface area contributed by atoms with Crippen molar-refractivity contribution in [3.05, 3.63) is 0 Å². The lowest BCUT2D eigenvalue weighted by Crippen LogP contribution is -2.57. The van der Waals surface area contributed by atoms with E-state index in [4.69, 9.17) is 4.74 Å². The third kappa shape index (κ3) is 4.34. The second-order valence-corrected chi connectivity index (χ2v) is 5.63. The molecule has 21 heavy (non-hydrogen) atoms. The number of esters is 1. The van der Waals surface area contributed by atoms with Crippen molar-refractivity contribution in [1.29, 1.82) is 0 Å². The molecule has 0 aromatic heterocycles. The number of hydrogen-bond donors (Lipinski definition) is 2. The molecule has 7 heteroatoms. The largest absolute Gasteiger partial charge is 0.480 e. The van der Waals surface area contributed by atoms with Crippen molar-refractivity contribution >= 4 is 18.0 Å². The highest BCUT2D eigenvalue weighted by Gasteiger charge is 2.37. The van der Waals surface area contributed by atoms with E-state index in [1.165, 1.54) is 18.9 Å². The molecule has 1 fully saturated rings. The van der Waals surface area contributed by atoms with E-state index in [9.17, 15) is 19.5 Å². The van der Waals surface area contributed by atoms with Gasteiger partial charge in [-0.2, -0.15) is 0 Å². The van der Waals surface area contributed by atoms with Gasteiger partial charge in [0.15, 0.2) is 0 Å². The van der Waals surface area contributed by atoms with Crippen molar-refractivity contribution < 1.29 is 24.2 Å². The first kappa shape index (κ1) is 17.3. The Kier molecular flexibility index (Phi) is 5.99. The first-order chi connectivity index (χ1) is 9.84. The van der Waals surface area contributed by atoms with Crippen LogP contribution in [0.15, 0.2) is 0 Å². The summed E-state index contributed by atoms with van der Waals surface area (Å²) in [4.78, 5) is 36.6. The summed E-state index contributed by atoms with van der Waals surface area (Å²) in [5.41, 5.74) is -1.29. The molecule has 1 saturated heterocycles. The van der Waals surface area contributed by atoms with Gasteiger partial charge < -0.3 is 20.1 Å². The molecule has 0 saturated carbocycles. The van der Waals surface area contributed by atoms with E-state index >= 15 is 0 Å². The highest BCUT2D eigenvalue weighted by atomic mass is 16.5. The average Bonchev–Trinajstić information content (AvgIpc) is 2.46. The summed E-state index contributed by atoms with van der Waals surface area (Å²) in [5, 5.41) is 11.9. The molecule has 0 radical (unpaired) electrons. The average molecular weight is 300 g/mol. The maximum Gasteiger partial charge on any atom is 0.329 e. The Morgan fingerprint density at radius 2 is 2.10 bits per heavy atom. The third-order valence-corrected chi connectivity index (χ3v) is 3.85. The van der Waals surface area contributed by atoms with Gasteiger partial charge >= 0.3 is 18.0 Å². The highest BCUT2D eigenvalue weighted by molar-refractivity contribution is 5.86. The van der Waals surface area contributed by atoms with Crippen LogP contribution < -0.4 is 5.32 Å². The maximum absolute atomic E-state index is 12.2. The van der Waals surface area contributed by atoms with Gasteiger partial charge in [0.2, 0.25) is 0 Å². The van der Waals surface area contributed by atoms with E-state index in [0.29, 0.717) is 32.2 Å². The number of hydrogen-bond acceptors (Lipinski definition) is 4. The van der Waals surface area contributed by atoms with Gasteiger partial charge in [-0.25, -0.2) is 9.59 Å². The smallest absolute Gasteiger partial charge is 0.329 e. The van der Waals surface area contributed by atoms with Crippen molar-refractivity contribution in [3.63, 3.8) is 0 Å². The predicted molar refractivity (Wildman–Crippen MR) is 75.8 cm³/mol. The number of piperidine rings is 1. The fraction of sp³-hybridized carbons (Fsp3) is 0.786. The summed E-state index contributed by atoms with van der Waals surface area (Å²) >= 11 is 0. The molecule has 1 heterocycles. The van der Waals surface area contributed by atoms with Gasteiger partial charge in [0.05, 0.1) is 13.0 Å². The van der Waals surface area contributed by atoms with E-state index in [-0.39, 0.29) is 18.4 Å². The third-order valence-electron chi connectivity index (χ3n) is 3.85. The van der Waals surface area contributed by atoms with Crippen LogP contribution in [0.4, 0.5) is 4.79 Å². The van der Waals surface area contributed by atoms with Gasteiger partial charge in [0, 0.05) is 13.1 Å². The zero-order valence-electron chi connectivity index (χ0n) is 12.8. The molecule has 1 aliphatic heterocycles. The van der Waals surface area contributed by atoms with E-state index < -0.39 is 17.5 Å². The van der Waals surface area contributed by atoms with Crippen molar-refractivity contribution in [2.45, 2.75) is 45.1 Å². The molecule has 1 rings (SSSR count). The minimum absolute atomic E-state index is 0.264. The number of carboxylic acid groups (broad SMARTS) is 1. The maximum atomic E-state index is 12.2. The molecule has 2 N–H and O–H groups in total. The monoisotopic (exact) mass is 300 g/mol. The van der Waals surface area contributed by atoms with Gasteiger partial charge in [-0.15, -0.1) is 0 Å². The van der Waals surface area contributed by atoms with Gasteiger partial charge in [-0.05, 0) is 26.2 Å². The molecular weight excluding hydrogens is 276 g/mol. The predicted octanol–water partition coefficient (Wildman–Crippen LogP) is 1.22. The second kappa shape index (κ2) is 7.28. The van der Waals surface area contributed by atoms with Crippen LogP contribution in [-0.2, 0) is 14.3 Å². The van der Waals surface area contributed by atoms with Crippen LogP contribution in [-0.4, -0.2) is 53.7 Å². The number of methoxy groups -OCH3 is 1. The number of amides is 2. The van der Waals surface area contributed by atoms with Crippen molar-refractivity contribution in [3.8, 4) is 0 Å². The van der Waals surface area contributed by atoms with Gasteiger partial charge in [0.25, 0.3) is 0 Å². The Morgan fingerprint density at radius 1 is 1.43 bits per heavy atom. The Bertz CT molecular complexity index is 412. The standard InChI is InChI=1S/C14H24N2O5/c1-4-7-14(2,12(18)19)15-13(20)16-8-5-6-10(9-16)11(17)21-3/h10H,4-9H2,1-3H3,(H,15,20)(H,18,19). The quantitative estimate of drug-likeness (QED) is 0.744. The van der Waals surface area contributed by atoms with Crippen molar-refractivity contribution in [1.82, 2.24) is 10.2 Å². The number of carbonyl (C=O) groups excluding carboxylic acids is 2. The Morgan fingerprint density at radius 3 is 2.62 bits per heavy atom. The lowest BCUT2D eigenvalue weighted by atomic mass is 9.96. The number of ether oxygens (including phenoxy) is 1. The summed E-state index contributed by atoms with van der Waals surface area (Å²) in [6.07, 6.45) is 2.38. The molecule has 120 valence electrons. The number of carboxylic acids is 1. The van der Waals surface area contributed by atoms with Crippen LogP contribution >= 0.6 is 0 Å². The lowest BCUT2D eigenvalue weighted by Gasteiger charge is -2.34. The first-order valence-corrected chi connectivity index (χ1v) is 7.22. The number of nitrogens with zero attached hydrogens (tertiary/aromatic N) is 1. The lowest BCUT2D eigenvalue weighted by molar-refractivity contribution is -0.147. The number of aliphatic carboxylic acids is 1. The van der Waals surface area contributed by atoms with E-state index in [1.54, 1.807) is 0 Å². The molecule has 2 unspecified atom stereocenters. The molecular formula is C14H24N2O5. The van der Waals surface area contributed by atoms with Crippen LogP contribution in [0, 0.1) is 5.92 Å². The number of rotatable bonds is 5. The number of nitrogens with one attached hydrogen (secondary N) is 1. The summed E-state index contributed by atoms with van der Waals surface area (Å²) < 4.78 is 4.70. The fourth-order valence-electron chi connectivity index (χ4n) is 2.56. The van der Waals surface area contributed by atoms with Crippen LogP contribution in [0.25, 0.3) is 0 Å². The molecule has 0 spiro atoms. The summed E-state index contributed by atoms with van der Waals surface area (Å²) in [6, 6.07) is -0.443. The van der Waals surface area contributed by atoms with E-state index in [1.807, 2.05) is 6.92 Å². The Hall–Kier alpha value is -1.79. The second-order valence-electron chi connectivity index (χ2n) is 5.63. The molecule has 0 bridgehead atoms. The number of likely N-dealkylation sites (tertiary alicyclic amines) is 1. The zero-order chi connectivity index (χ0) is 16.0. The normalized spacial score (nSPS) is 21.3. The Balaban J connectivity index is 2.69. The van der Waals surface area contributed by atoms with Gasteiger partial charge in [-0.1, -0.05) is 13.3 Å². The van der Waals surface area contributed by atoms with Crippen LogP contribution in [0.2, 0.25) is 0 Å². The highest BCUT2D eigenvalue weighted by Crippen LogP contribution is 2.19. The SMILES string of the molecule is CCCC(C)(NC(=O)N1CCCC(C(=O)OC)C1)C(=O)O. The van der Waals surface area contributed by atoms with Crippen LogP contribution in [0.5, 0.6) is 0 Å². The van der Waals surface area contributed by atoms with Crippen molar-refractivity contribution in [2.24, 2.45) is 5.92 Å². The van der Waals surface area contributed by atoms with E-state index in [0.717, 1.165) is 0 Å². The molecule has 0 aromatic rings. The summed E-state index contributed by atoms with van der Waals surface area (Å²) in [7, 11) is 1.32. The molecule has 0 aliphatic carbocycles. The van der Waals surface area contributed by atoms with Gasteiger partial charge in [-0.3, -0.25) is 4.79 Å². The number of urea groups is 1. The van der Waals surface area contributed by atoms with E-state index in [2.05, 4.69) is 5.32 Å². The molecule has 1 aliphatic rings. The van der Waals surface area contributed by atoms with Gasteiger partial charge in [0.1, 0.15) is 5.54 Å². The van der Waals surface area contributed by atoms with Crippen LogP contribution in [0.1, 0.15) is 39.5 Å². The minimum Gasteiger partial charge on any atom is -0.480 e. The summed E-state index contributed by atoms with van der Waals surface area (Å²) in [5.74, 6) is -1.72. The Labute approximate surface area is 124 Å². The topological polar surface area (TPSA) is 95.9 Å².